The van der Waals surface area contributed by atoms with E-state index in [0.717, 1.165) is 4.88 Å². The summed E-state index contributed by atoms with van der Waals surface area (Å²) in [7, 11) is 1.59. The van der Waals surface area contributed by atoms with Gasteiger partial charge in [0.05, 0.1) is 5.56 Å². The van der Waals surface area contributed by atoms with Crippen LogP contribution in [0.15, 0.2) is 0 Å². The first kappa shape index (κ1) is 15.7. The summed E-state index contributed by atoms with van der Waals surface area (Å²) >= 11 is 1.29. The third-order valence-corrected chi connectivity index (χ3v) is 3.96. The van der Waals surface area contributed by atoms with Gasteiger partial charge in [-0.25, -0.2) is 4.79 Å². The molecule has 0 spiro atoms. The Morgan fingerprint density at radius 3 is 2.58 bits per heavy atom. The van der Waals surface area contributed by atoms with Gasteiger partial charge in [-0.15, -0.1) is 11.3 Å². The van der Waals surface area contributed by atoms with Gasteiger partial charge in [0.15, 0.2) is 0 Å². The van der Waals surface area contributed by atoms with Gasteiger partial charge in [0.1, 0.15) is 5.00 Å². The van der Waals surface area contributed by atoms with Crippen LogP contribution in [0, 0.1) is 19.8 Å². The number of amides is 1. The van der Waals surface area contributed by atoms with Crippen molar-refractivity contribution in [3.05, 3.63) is 16.0 Å². The second-order valence-electron chi connectivity index (χ2n) is 4.61. The summed E-state index contributed by atoms with van der Waals surface area (Å²) in [6.45, 7) is 6.00. The van der Waals surface area contributed by atoms with E-state index in [4.69, 9.17) is 4.74 Å². The van der Waals surface area contributed by atoms with Crippen LogP contribution in [0.3, 0.4) is 0 Å². The highest BCUT2D eigenvalue weighted by Crippen LogP contribution is 2.32. The van der Waals surface area contributed by atoms with Gasteiger partial charge in [0.25, 0.3) is 0 Å². The fourth-order valence-electron chi connectivity index (χ4n) is 1.81. The Bertz CT molecular complexity index is 481. The largest absolute Gasteiger partial charge is 0.478 e. The van der Waals surface area contributed by atoms with Gasteiger partial charge in [-0.05, 0) is 25.3 Å². The number of methoxy groups -OCH3 is 1. The summed E-state index contributed by atoms with van der Waals surface area (Å²) in [6.07, 6.45) is 0.308. The Labute approximate surface area is 116 Å². The van der Waals surface area contributed by atoms with Crippen LogP contribution in [0.5, 0.6) is 0 Å². The number of rotatable bonds is 6. The van der Waals surface area contributed by atoms with E-state index in [9.17, 15) is 14.7 Å². The number of carbonyl (C=O) groups excluding carboxylic acids is 1. The molecule has 0 saturated carbocycles. The van der Waals surface area contributed by atoms with Crippen molar-refractivity contribution >= 4 is 28.2 Å². The molecule has 1 unspecified atom stereocenters. The molecule has 0 saturated heterocycles. The summed E-state index contributed by atoms with van der Waals surface area (Å²) in [5.74, 6) is -1.10. The number of carboxylic acids is 1. The summed E-state index contributed by atoms with van der Waals surface area (Å²) in [4.78, 5) is 23.9. The monoisotopic (exact) mass is 285 g/mol. The van der Waals surface area contributed by atoms with E-state index in [1.54, 1.807) is 14.0 Å². The molecule has 6 heteroatoms. The third kappa shape index (κ3) is 4.04. The minimum absolute atomic E-state index is 0.0976. The Balaban J connectivity index is 2.80. The van der Waals surface area contributed by atoms with Gasteiger partial charge in [-0.2, -0.15) is 0 Å². The highest BCUT2D eigenvalue weighted by molar-refractivity contribution is 7.16. The van der Waals surface area contributed by atoms with Crippen LogP contribution < -0.4 is 5.32 Å². The van der Waals surface area contributed by atoms with Crippen molar-refractivity contribution in [1.29, 1.82) is 0 Å². The Kier molecular flexibility index (Phi) is 5.50. The van der Waals surface area contributed by atoms with E-state index >= 15 is 0 Å². The van der Waals surface area contributed by atoms with Crippen molar-refractivity contribution in [2.45, 2.75) is 27.2 Å². The van der Waals surface area contributed by atoms with Crippen LogP contribution in [0.4, 0.5) is 5.00 Å². The van der Waals surface area contributed by atoms with Gasteiger partial charge < -0.3 is 15.2 Å². The van der Waals surface area contributed by atoms with Gasteiger partial charge in [-0.1, -0.05) is 6.92 Å². The highest BCUT2D eigenvalue weighted by Gasteiger charge is 2.20. The zero-order valence-corrected chi connectivity index (χ0v) is 12.4. The average molecular weight is 285 g/mol. The third-order valence-electron chi connectivity index (χ3n) is 2.84. The first-order chi connectivity index (χ1) is 8.86. The molecule has 0 aliphatic rings. The standard InChI is InChI=1S/C13H19NO4S/c1-7(6-18-4)5-10(15)14-12-11(13(16)17)8(2)9(3)19-12/h7H,5-6H2,1-4H3,(H,14,15)(H,16,17). The first-order valence-electron chi connectivity index (χ1n) is 5.98. The zero-order chi connectivity index (χ0) is 14.6. The Morgan fingerprint density at radius 2 is 2.05 bits per heavy atom. The van der Waals surface area contributed by atoms with Crippen molar-refractivity contribution in [3.63, 3.8) is 0 Å². The van der Waals surface area contributed by atoms with Crippen LogP contribution >= 0.6 is 11.3 Å². The van der Waals surface area contributed by atoms with Gasteiger partial charge in [-0.3, -0.25) is 4.79 Å². The smallest absolute Gasteiger partial charge is 0.338 e. The molecule has 1 atom stereocenters. The fraction of sp³-hybridized carbons (Fsp3) is 0.538. The molecule has 0 fully saturated rings. The minimum Gasteiger partial charge on any atom is -0.478 e. The lowest BCUT2D eigenvalue weighted by atomic mass is 10.1. The normalized spacial score (nSPS) is 12.2. The number of ether oxygens (including phenoxy) is 1. The van der Waals surface area contributed by atoms with Crippen molar-refractivity contribution in [3.8, 4) is 0 Å². The molecule has 106 valence electrons. The van der Waals surface area contributed by atoms with Crippen LogP contribution in [0.1, 0.15) is 34.1 Å². The van der Waals surface area contributed by atoms with E-state index < -0.39 is 5.97 Å². The summed E-state index contributed by atoms with van der Waals surface area (Å²) < 4.78 is 4.97. The molecule has 0 aromatic carbocycles. The second kappa shape index (κ2) is 6.68. The number of anilines is 1. The molecule has 0 aliphatic heterocycles. The number of carboxylic acid groups (broad SMARTS) is 1. The van der Waals surface area contributed by atoms with Crippen molar-refractivity contribution in [2.24, 2.45) is 5.92 Å². The lowest BCUT2D eigenvalue weighted by molar-refractivity contribution is -0.117. The summed E-state index contributed by atoms with van der Waals surface area (Å²) in [6, 6.07) is 0. The van der Waals surface area contributed by atoms with E-state index in [-0.39, 0.29) is 17.4 Å². The summed E-state index contributed by atoms with van der Waals surface area (Å²) in [5, 5.41) is 12.3. The molecule has 0 radical (unpaired) electrons. The SMILES string of the molecule is COCC(C)CC(=O)Nc1sc(C)c(C)c1C(=O)O. The predicted octanol–water partition coefficient (Wildman–Crippen LogP) is 2.67. The van der Waals surface area contributed by atoms with Crippen LogP contribution in [0.25, 0.3) is 0 Å². The molecular formula is C13H19NO4S. The van der Waals surface area contributed by atoms with Crippen LogP contribution in [-0.2, 0) is 9.53 Å². The number of thiophene rings is 1. The zero-order valence-electron chi connectivity index (χ0n) is 11.6. The van der Waals surface area contributed by atoms with E-state index in [0.29, 0.717) is 23.6 Å². The summed E-state index contributed by atoms with van der Waals surface area (Å²) in [5.41, 5.74) is 0.896. The number of aryl methyl sites for hydroxylation is 1. The molecule has 1 rings (SSSR count). The molecule has 0 bridgehead atoms. The van der Waals surface area contributed by atoms with E-state index in [1.165, 1.54) is 11.3 Å². The molecule has 1 aromatic heterocycles. The van der Waals surface area contributed by atoms with Gasteiger partial charge in [0.2, 0.25) is 5.91 Å². The lowest BCUT2D eigenvalue weighted by Crippen LogP contribution is -2.18. The molecule has 1 aromatic rings. The fourth-order valence-corrected chi connectivity index (χ4v) is 2.88. The topological polar surface area (TPSA) is 75.6 Å². The second-order valence-corrected chi connectivity index (χ2v) is 5.83. The molecule has 19 heavy (non-hydrogen) atoms. The van der Waals surface area contributed by atoms with Gasteiger partial charge in [0, 0.05) is 25.0 Å². The minimum atomic E-state index is -1.01. The maximum absolute atomic E-state index is 11.8. The number of carbonyl (C=O) groups is 2. The Hall–Kier alpha value is -1.40. The quantitative estimate of drug-likeness (QED) is 0.842. The maximum atomic E-state index is 11.8. The average Bonchev–Trinajstić information content (AvgIpc) is 2.54. The first-order valence-corrected chi connectivity index (χ1v) is 6.80. The molecule has 1 amide bonds. The number of aromatic carboxylic acids is 1. The van der Waals surface area contributed by atoms with E-state index in [1.807, 2.05) is 13.8 Å². The van der Waals surface area contributed by atoms with Crippen LogP contribution in [0.2, 0.25) is 0 Å². The lowest BCUT2D eigenvalue weighted by Gasteiger charge is -2.10. The molecule has 2 N–H and O–H groups in total. The number of hydrogen-bond acceptors (Lipinski definition) is 4. The molecule has 5 nitrogen and oxygen atoms in total. The molecular weight excluding hydrogens is 266 g/mol. The van der Waals surface area contributed by atoms with Crippen molar-refractivity contribution in [1.82, 2.24) is 0 Å². The highest BCUT2D eigenvalue weighted by atomic mass is 32.1. The van der Waals surface area contributed by atoms with Crippen molar-refractivity contribution in [2.75, 3.05) is 19.0 Å². The maximum Gasteiger partial charge on any atom is 0.338 e. The van der Waals surface area contributed by atoms with Crippen molar-refractivity contribution < 1.29 is 19.4 Å². The Morgan fingerprint density at radius 1 is 1.42 bits per heavy atom. The van der Waals surface area contributed by atoms with Gasteiger partial charge >= 0.3 is 5.97 Å². The van der Waals surface area contributed by atoms with Crippen LogP contribution in [-0.4, -0.2) is 30.7 Å². The van der Waals surface area contributed by atoms with E-state index in [2.05, 4.69) is 5.32 Å². The molecule has 0 aliphatic carbocycles. The number of hydrogen-bond donors (Lipinski definition) is 2. The predicted molar refractivity (Wildman–Crippen MR) is 75.0 cm³/mol. The number of nitrogens with one attached hydrogen (secondary N) is 1. The molecule has 1 heterocycles.